The number of carboxylic acids is 1. The lowest BCUT2D eigenvalue weighted by molar-refractivity contribution is -0.255. The van der Waals surface area contributed by atoms with Gasteiger partial charge in [-0.2, -0.15) is 0 Å². The third-order valence-electron chi connectivity index (χ3n) is 3.48. The van der Waals surface area contributed by atoms with Gasteiger partial charge in [-0.25, -0.2) is 9.29 Å². The van der Waals surface area contributed by atoms with Gasteiger partial charge >= 0.3 is 0 Å². The van der Waals surface area contributed by atoms with Gasteiger partial charge in [0.15, 0.2) is 0 Å². The van der Waals surface area contributed by atoms with Crippen molar-refractivity contribution >= 4 is 40.8 Å². The number of hydrogen-bond donors (Lipinski definition) is 1. The fourth-order valence-corrected chi connectivity index (χ4v) is 2.52. The van der Waals surface area contributed by atoms with Crippen molar-refractivity contribution in [2.75, 3.05) is 10.2 Å². The Bertz CT molecular complexity index is 925. The molecule has 2 amide bonds. The first-order chi connectivity index (χ1) is 11.9. The number of benzene rings is 2. The molecule has 0 spiro atoms. The predicted molar refractivity (Wildman–Crippen MR) is 86.2 cm³/mol. The van der Waals surface area contributed by atoms with Crippen molar-refractivity contribution in [2.24, 2.45) is 0 Å². The Hall–Kier alpha value is -3.19. The predicted octanol–water partition coefficient (Wildman–Crippen LogP) is 1.62. The van der Waals surface area contributed by atoms with E-state index in [1.165, 1.54) is 36.4 Å². The zero-order valence-corrected chi connectivity index (χ0v) is 13.2. The van der Waals surface area contributed by atoms with E-state index in [0.29, 0.717) is 0 Å². The van der Waals surface area contributed by atoms with Crippen LogP contribution in [0, 0.1) is 5.82 Å². The van der Waals surface area contributed by atoms with Gasteiger partial charge < -0.3 is 15.2 Å². The van der Waals surface area contributed by atoms with E-state index in [0.717, 1.165) is 17.0 Å². The van der Waals surface area contributed by atoms with E-state index in [2.05, 4.69) is 5.32 Å². The first kappa shape index (κ1) is 16.7. The zero-order valence-electron chi connectivity index (χ0n) is 12.5. The molecule has 3 rings (SSSR count). The summed E-state index contributed by atoms with van der Waals surface area (Å²) in [4.78, 5) is 36.5. The van der Waals surface area contributed by atoms with Crippen molar-refractivity contribution in [1.82, 2.24) is 0 Å². The lowest BCUT2D eigenvalue weighted by atomic mass is 10.2. The molecular formula is C17H9ClFN2O4-. The highest BCUT2D eigenvalue weighted by atomic mass is 35.5. The van der Waals surface area contributed by atoms with Gasteiger partial charge in [-0.3, -0.25) is 9.59 Å². The summed E-state index contributed by atoms with van der Waals surface area (Å²) in [5.74, 6) is -3.40. The molecule has 1 aliphatic rings. The summed E-state index contributed by atoms with van der Waals surface area (Å²) in [5, 5.41) is 13.2. The van der Waals surface area contributed by atoms with Gasteiger partial charge in [0.2, 0.25) is 0 Å². The molecule has 1 heterocycles. The minimum absolute atomic E-state index is 0.103. The Morgan fingerprint density at radius 3 is 2.40 bits per heavy atom. The van der Waals surface area contributed by atoms with E-state index in [1.807, 2.05) is 0 Å². The zero-order chi connectivity index (χ0) is 18.1. The van der Waals surface area contributed by atoms with Gasteiger partial charge in [0.1, 0.15) is 16.5 Å². The minimum Gasteiger partial charge on any atom is -0.545 e. The van der Waals surface area contributed by atoms with Gasteiger partial charge in [-0.15, -0.1) is 0 Å². The molecule has 0 radical (unpaired) electrons. The lowest BCUT2D eigenvalue weighted by Crippen LogP contribution is -2.32. The second-order valence-electron chi connectivity index (χ2n) is 5.10. The highest BCUT2D eigenvalue weighted by Crippen LogP contribution is 2.30. The third-order valence-corrected chi connectivity index (χ3v) is 3.83. The Balaban J connectivity index is 1.91. The number of carboxylic acid groups (broad SMARTS) is 1. The van der Waals surface area contributed by atoms with Crippen molar-refractivity contribution < 1.29 is 23.9 Å². The number of aromatic carboxylic acids is 1. The number of amides is 2. The van der Waals surface area contributed by atoms with Gasteiger partial charge in [-0.05, 0) is 42.0 Å². The van der Waals surface area contributed by atoms with Crippen LogP contribution in [0.25, 0.3) is 0 Å². The number of imide groups is 1. The highest BCUT2D eigenvalue weighted by Gasteiger charge is 2.38. The number of anilines is 2. The third kappa shape index (κ3) is 3.09. The van der Waals surface area contributed by atoms with Crippen LogP contribution in [-0.4, -0.2) is 17.8 Å². The molecule has 0 fully saturated rings. The Morgan fingerprint density at radius 2 is 1.76 bits per heavy atom. The molecular weight excluding hydrogens is 351 g/mol. The Kier molecular flexibility index (Phi) is 4.24. The molecule has 0 saturated heterocycles. The molecule has 6 nitrogen and oxygen atoms in total. The van der Waals surface area contributed by atoms with Gasteiger partial charge in [0, 0.05) is 5.69 Å². The molecule has 0 atom stereocenters. The van der Waals surface area contributed by atoms with E-state index in [-0.39, 0.29) is 27.7 Å². The highest BCUT2D eigenvalue weighted by molar-refractivity contribution is 6.53. The second-order valence-corrected chi connectivity index (χ2v) is 5.48. The molecule has 2 aromatic carbocycles. The molecule has 0 unspecified atom stereocenters. The van der Waals surface area contributed by atoms with Crippen LogP contribution in [0.3, 0.4) is 0 Å². The molecule has 0 saturated carbocycles. The first-order valence-electron chi connectivity index (χ1n) is 7.01. The average molecular weight is 360 g/mol. The van der Waals surface area contributed by atoms with E-state index in [9.17, 15) is 23.9 Å². The van der Waals surface area contributed by atoms with Crippen LogP contribution in [0.15, 0.2) is 59.3 Å². The van der Waals surface area contributed by atoms with Crippen molar-refractivity contribution in [3.05, 3.63) is 70.6 Å². The second kappa shape index (κ2) is 6.37. The maximum Gasteiger partial charge on any atom is 0.283 e. The van der Waals surface area contributed by atoms with Crippen molar-refractivity contribution in [3.8, 4) is 0 Å². The summed E-state index contributed by atoms with van der Waals surface area (Å²) in [7, 11) is 0. The quantitative estimate of drug-likeness (QED) is 0.838. The monoisotopic (exact) mass is 359 g/mol. The SMILES string of the molecule is O=C([O-])c1cccc(NC2=C(Cl)C(=O)N(c3ccc(F)cc3)C2=O)c1. The molecule has 1 N–H and O–H groups in total. The molecule has 0 aromatic heterocycles. The minimum atomic E-state index is -1.38. The van der Waals surface area contributed by atoms with Crippen molar-refractivity contribution in [1.29, 1.82) is 0 Å². The summed E-state index contributed by atoms with van der Waals surface area (Å²) in [6.07, 6.45) is 0. The van der Waals surface area contributed by atoms with Crippen LogP contribution in [-0.2, 0) is 9.59 Å². The number of carbonyl (C=O) groups excluding carboxylic acids is 3. The molecule has 8 heteroatoms. The fraction of sp³-hybridized carbons (Fsp3) is 0. The average Bonchev–Trinajstić information content (AvgIpc) is 2.80. The molecule has 25 heavy (non-hydrogen) atoms. The van der Waals surface area contributed by atoms with Gasteiger partial charge in [0.05, 0.1) is 11.7 Å². The van der Waals surface area contributed by atoms with Crippen molar-refractivity contribution in [2.45, 2.75) is 0 Å². The summed E-state index contributed by atoms with van der Waals surface area (Å²) in [6, 6.07) is 10.3. The standard InChI is InChI=1S/C17H10ClFN2O4/c18-13-14(20-11-3-1-2-9(8-11)17(24)25)16(23)21(15(13)22)12-6-4-10(19)5-7-12/h1-8,20H,(H,24,25)/p-1. The number of rotatable bonds is 4. The number of nitrogens with zero attached hydrogens (tertiary/aromatic N) is 1. The molecule has 1 aliphatic heterocycles. The number of carbonyl (C=O) groups is 3. The van der Waals surface area contributed by atoms with E-state index < -0.39 is 23.6 Å². The normalized spacial score (nSPS) is 14.2. The van der Waals surface area contributed by atoms with Crippen molar-refractivity contribution in [3.63, 3.8) is 0 Å². The lowest BCUT2D eigenvalue weighted by Gasteiger charge is -2.15. The van der Waals surface area contributed by atoms with Crippen LogP contribution in [0.1, 0.15) is 10.4 Å². The number of hydrogen-bond acceptors (Lipinski definition) is 5. The largest absolute Gasteiger partial charge is 0.545 e. The number of nitrogens with one attached hydrogen (secondary N) is 1. The summed E-state index contributed by atoms with van der Waals surface area (Å²) in [6.45, 7) is 0. The summed E-state index contributed by atoms with van der Waals surface area (Å²) in [5.41, 5.74) is 0.104. The first-order valence-corrected chi connectivity index (χ1v) is 7.39. The van der Waals surface area contributed by atoms with Crippen LogP contribution < -0.4 is 15.3 Å². The molecule has 2 aromatic rings. The van der Waals surface area contributed by atoms with Crippen LogP contribution >= 0.6 is 11.6 Å². The Labute approximate surface area is 146 Å². The molecule has 126 valence electrons. The maximum absolute atomic E-state index is 13.0. The van der Waals surface area contributed by atoms with Gasteiger partial charge in [0.25, 0.3) is 11.8 Å². The summed E-state index contributed by atoms with van der Waals surface area (Å²) < 4.78 is 13.0. The van der Waals surface area contributed by atoms with E-state index in [1.54, 1.807) is 0 Å². The van der Waals surface area contributed by atoms with Crippen LogP contribution in [0.2, 0.25) is 0 Å². The van der Waals surface area contributed by atoms with E-state index >= 15 is 0 Å². The van der Waals surface area contributed by atoms with E-state index in [4.69, 9.17) is 11.6 Å². The van der Waals surface area contributed by atoms with Crippen LogP contribution in [0.5, 0.6) is 0 Å². The molecule has 0 bridgehead atoms. The maximum atomic E-state index is 13.0. The summed E-state index contributed by atoms with van der Waals surface area (Å²) >= 11 is 5.95. The Morgan fingerprint density at radius 1 is 1.08 bits per heavy atom. The number of halogens is 2. The smallest absolute Gasteiger partial charge is 0.283 e. The van der Waals surface area contributed by atoms with Gasteiger partial charge in [-0.1, -0.05) is 23.7 Å². The fourth-order valence-electron chi connectivity index (χ4n) is 2.30. The topological polar surface area (TPSA) is 89.5 Å². The molecule has 0 aliphatic carbocycles. The van der Waals surface area contributed by atoms with Crippen LogP contribution in [0.4, 0.5) is 15.8 Å².